The van der Waals surface area contributed by atoms with Gasteiger partial charge in [-0.3, -0.25) is 0 Å². The number of urea groups is 1. The molecule has 122 valence electrons. The molecule has 2 rings (SSSR count). The molecule has 0 spiro atoms. The Morgan fingerprint density at radius 1 is 1.04 bits per heavy atom. The predicted molar refractivity (Wildman–Crippen MR) is 96.9 cm³/mol. The third-order valence-corrected chi connectivity index (χ3v) is 4.17. The zero-order chi connectivity index (χ0) is 17.0. The van der Waals surface area contributed by atoms with Crippen molar-refractivity contribution in [1.29, 1.82) is 0 Å². The van der Waals surface area contributed by atoms with Gasteiger partial charge in [0.1, 0.15) is 0 Å². The van der Waals surface area contributed by atoms with Crippen molar-refractivity contribution >= 4 is 11.7 Å². The number of hydrogen-bond donors (Lipinski definition) is 1. The summed E-state index contributed by atoms with van der Waals surface area (Å²) in [4.78, 5) is 14.3. The topological polar surface area (TPSA) is 32.3 Å². The van der Waals surface area contributed by atoms with Crippen LogP contribution in [-0.2, 0) is 6.54 Å². The van der Waals surface area contributed by atoms with Crippen LogP contribution < -0.4 is 5.32 Å². The number of amides is 2. The van der Waals surface area contributed by atoms with Crippen molar-refractivity contribution in [3.8, 4) is 0 Å². The Balaban J connectivity index is 2.15. The van der Waals surface area contributed by atoms with Crippen molar-refractivity contribution in [3.63, 3.8) is 0 Å². The standard InChI is InChI=1S/C20H26N2O/c1-14(2)18-12-8-10-16(4)19(18)21-20(23)22(5)13-17-11-7-6-9-15(17)3/h6-12,14H,13H2,1-5H3,(H,21,23). The molecule has 2 aromatic rings. The third kappa shape index (κ3) is 4.13. The second kappa shape index (κ2) is 7.32. The van der Waals surface area contributed by atoms with Gasteiger partial charge in [0, 0.05) is 19.3 Å². The van der Waals surface area contributed by atoms with E-state index in [2.05, 4.69) is 44.3 Å². The first kappa shape index (κ1) is 17.1. The summed E-state index contributed by atoms with van der Waals surface area (Å²) in [6, 6.07) is 14.2. The molecule has 0 radical (unpaired) electrons. The first-order chi connectivity index (χ1) is 10.9. The minimum atomic E-state index is -0.0792. The summed E-state index contributed by atoms with van der Waals surface area (Å²) in [5, 5.41) is 3.09. The van der Waals surface area contributed by atoms with Crippen LogP contribution in [0.1, 0.15) is 42.0 Å². The molecule has 0 aliphatic rings. The second-order valence-electron chi connectivity index (χ2n) is 6.41. The molecule has 0 bridgehead atoms. The Labute approximate surface area is 139 Å². The molecule has 0 saturated carbocycles. The van der Waals surface area contributed by atoms with Gasteiger partial charge in [0.25, 0.3) is 0 Å². The fourth-order valence-corrected chi connectivity index (χ4v) is 2.66. The minimum Gasteiger partial charge on any atom is -0.323 e. The summed E-state index contributed by atoms with van der Waals surface area (Å²) in [6.45, 7) is 8.98. The zero-order valence-corrected chi connectivity index (χ0v) is 14.7. The van der Waals surface area contributed by atoms with E-state index in [9.17, 15) is 4.79 Å². The smallest absolute Gasteiger partial charge is 0.321 e. The number of nitrogens with zero attached hydrogens (tertiary/aromatic N) is 1. The highest BCUT2D eigenvalue weighted by Gasteiger charge is 2.15. The summed E-state index contributed by atoms with van der Waals surface area (Å²) < 4.78 is 0. The molecule has 3 nitrogen and oxygen atoms in total. The lowest BCUT2D eigenvalue weighted by molar-refractivity contribution is 0.220. The zero-order valence-electron chi connectivity index (χ0n) is 14.7. The van der Waals surface area contributed by atoms with E-state index >= 15 is 0 Å². The van der Waals surface area contributed by atoms with Gasteiger partial charge >= 0.3 is 6.03 Å². The molecule has 2 aromatic carbocycles. The molecule has 0 atom stereocenters. The number of anilines is 1. The van der Waals surface area contributed by atoms with E-state index in [-0.39, 0.29) is 6.03 Å². The van der Waals surface area contributed by atoms with Crippen LogP contribution in [0.3, 0.4) is 0 Å². The van der Waals surface area contributed by atoms with Crippen LogP contribution in [0.25, 0.3) is 0 Å². The van der Waals surface area contributed by atoms with Crippen molar-refractivity contribution in [2.24, 2.45) is 0 Å². The lowest BCUT2D eigenvalue weighted by Gasteiger charge is -2.22. The average Bonchev–Trinajstić information content (AvgIpc) is 2.51. The quantitative estimate of drug-likeness (QED) is 0.838. The van der Waals surface area contributed by atoms with Gasteiger partial charge in [0.05, 0.1) is 0 Å². The van der Waals surface area contributed by atoms with Gasteiger partial charge in [-0.2, -0.15) is 0 Å². The SMILES string of the molecule is Cc1ccccc1CN(C)C(=O)Nc1c(C)cccc1C(C)C. The molecule has 3 heteroatoms. The maximum absolute atomic E-state index is 12.6. The monoisotopic (exact) mass is 310 g/mol. The number of carbonyl (C=O) groups is 1. The van der Waals surface area contributed by atoms with E-state index in [0.717, 1.165) is 11.3 Å². The summed E-state index contributed by atoms with van der Waals surface area (Å²) >= 11 is 0. The van der Waals surface area contributed by atoms with Gasteiger partial charge in [-0.05, 0) is 42.0 Å². The van der Waals surface area contributed by atoms with Crippen molar-refractivity contribution in [3.05, 3.63) is 64.7 Å². The summed E-state index contributed by atoms with van der Waals surface area (Å²) in [5.74, 6) is 0.367. The van der Waals surface area contributed by atoms with Gasteiger partial charge < -0.3 is 10.2 Å². The summed E-state index contributed by atoms with van der Waals surface area (Å²) in [5.41, 5.74) is 5.56. The van der Waals surface area contributed by atoms with Crippen LogP contribution in [0.5, 0.6) is 0 Å². The molecule has 0 unspecified atom stereocenters. The van der Waals surface area contributed by atoms with Gasteiger partial charge in [0.2, 0.25) is 0 Å². The van der Waals surface area contributed by atoms with E-state index in [0.29, 0.717) is 12.5 Å². The molecule has 1 N–H and O–H groups in total. The minimum absolute atomic E-state index is 0.0792. The number of hydrogen-bond acceptors (Lipinski definition) is 1. The van der Waals surface area contributed by atoms with Gasteiger partial charge in [0.15, 0.2) is 0 Å². The fourth-order valence-electron chi connectivity index (χ4n) is 2.66. The fraction of sp³-hybridized carbons (Fsp3) is 0.350. The molecule has 23 heavy (non-hydrogen) atoms. The number of nitrogens with one attached hydrogen (secondary N) is 1. The van der Waals surface area contributed by atoms with Crippen LogP contribution in [0.15, 0.2) is 42.5 Å². The van der Waals surface area contributed by atoms with Crippen molar-refractivity contribution in [2.75, 3.05) is 12.4 Å². The average molecular weight is 310 g/mol. The molecule has 0 heterocycles. The summed E-state index contributed by atoms with van der Waals surface area (Å²) in [7, 11) is 1.83. The number of rotatable bonds is 4. The second-order valence-corrected chi connectivity index (χ2v) is 6.41. The van der Waals surface area contributed by atoms with E-state index < -0.39 is 0 Å². The first-order valence-electron chi connectivity index (χ1n) is 8.06. The van der Waals surface area contributed by atoms with E-state index in [1.165, 1.54) is 16.7 Å². The van der Waals surface area contributed by atoms with E-state index in [1.807, 2.05) is 38.2 Å². The maximum atomic E-state index is 12.6. The number of para-hydroxylation sites is 1. The Kier molecular flexibility index (Phi) is 5.43. The Bertz CT molecular complexity index is 692. The predicted octanol–water partition coefficient (Wildman–Crippen LogP) is 5.09. The molecule has 0 aromatic heterocycles. The molecular weight excluding hydrogens is 284 g/mol. The molecule has 0 saturated heterocycles. The van der Waals surface area contributed by atoms with Crippen LogP contribution in [0.2, 0.25) is 0 Å². The lowest BCUT2D eigenvalue weighted by Crippen LogP contribution is -2.31. The highest BCUT2D eigenvalue weighted by Crippen LogP contribution is 2.27. The third-order valence-electron chi connectivity index (χ3n) is 4.17. The van der Waals surface area contributed by atoms with Gasteiger partial charge in [-0.25, -0.2) is 4.79 Å². The molecule has 0 aliphatic carbocycles. The Morgan fingerprint density at radius 3 is 2.35 bits per heavy atom. The van der Waals surface area contributed by atoms with Crippen LogP contribution in [0, 0.1) is 13.8 Å². The molecule has 0 fully saturated rings. The molecule has 0 aliphatic heterocycles. The maximum Gasteiger partial charge on any atom is 0.321 e. The van der Waals surface area contributed by atoms with Crippen molar-refractivity contribution < 1.29 is 4.79 Å². The van der Waals surface area contributed by atoms with Crippen LogP contribution >= 0.6 is 0 Å². The number of benzene rings is 2. The molecular formula is C20H26N2O. The van der Waals surface area contributed by atoms with Crippen molar-refractivity contribution in [1.82, 2.24) is 4.90 Å². The van der Waals surface area contributed by atoms with Gasteiger partial charge in [-0.15, -0.1) is 0 Å². The largest absolute Gasteiger partial charge is 0.323 e. The highest BCUT2D eigenvalue weighted by molar-refractivity contribution is 5.91. The highest BCUT2D eigenvalue weighted by atomic mass is 16.2. The van der Waals surface area contributed by atoms with Crippen LogP contribution in [-0.4, -0.2) is 18.0 Å². The Morgan fingerprint density at radius 2 is 1.70 bits per heavy atom. The van der Waals surface area contributed by atoms with E-state index in [1.54, 1.807) is 4.90 Å². The number of aryl methyl sites for hydroxylation is 2. The van der Waals surface area contributed by atoms with E-state index in [4.69, 9.17) is 0 Å². The van der Waals surface area contributed by atoms with Gasteiger partial charge in [-0.1, -0.05) is 56.3 Å². The Hall–Kier alpha value is -2.29. The molecule has 2 amide bonds. The number of carbonyl (C=O) groups excluding carboxylic acids is 1. The lowest BCUT2D eigenvalue weighted by atomic mass is 9.98. The summed E-state index contributed by atoms with van der Waals surface area (Å²) in [6.07, 6.45) is 0. The normalized spacial score (nSPS) is 10.7. The van der Waals surface area contributed by atoms with Crippen LogP contribution in [0.4, 0.5) is 10.5 Å². The van der Waals surface area contributed by atoms with Crippen molar-refractivity contribution in [2.45, 2.75) is 40.2 Å². The first-order valence-corrected chi connectivity index (χ1v) is 8.06.